The highest BCUT2D eigenvalue weighted by Crippen LogP contribution is 2.25. The van der Waals surface area contributed by atoms with E-state index in [1.807, 2.05) is 23.5 Å². The van der Waals surface area contributed by atoms with Gasteiger partial charge in [-0.05, 0) is 6.26 Å². The molecule has 0 atom stereocenters. The van der Waals surface area contributed by atoms with Crippen LogP contribution in [0, 0.1) is 0 Å². The lowest BCUT2D eigenvalue weighted by atomic mass is 10.3. The lowest BCUT2D eigenvalue weighted by molar-refractivity contribution is 0.806. The second-order valence-corrected chi connectivity index (χ2v) is 5.70. The summed E-state index contributed by atoms with van der Waals surface area (Å²) in [5.41, 5.74) is 0. The molecule has 0 aliphatic heterocycles. The van der Waals surface area contributed by atoms with Crippen LogP contribution in [-0.2, 0) is 0 Å². The van der Waals surface area contributed by atoms with E-state index in [0.29, 0.717) is 4.75 Å². The normalized spacial score (nSPS) is 12.0. The number of rotatable bonds is 2. The maximum Gasteiger partial charge on any atom is 0.0394 e. The van der Waals surface area contributed by atoms with E-state index in [4.69, 9.17) is 0 Å². The number of hydrogen-bond donors (Lipinski definition) is 0. The van der Waals surface area contributed by atoms with Crippen LogP contribution in [0.4, 0.5) is 0 Å². The van der Waals surface area contributed by atoms with Crippen molar-refractivity contribution in [2.24, 2.45) is 0 Å². The van der Waals surface area contributed by atoms with E-state index in [9.17, 15) is 0 Å². The quantitative estimate of drug-likeness (QED) is 0.555. The fourth-order valence-corrected chi connectivity index (χ4v) is 2.12. The Kier molecular flexibility index (Phi) is 4.00. The predicted octanol–water partition coefficient (Wildman–Crippen LogP) is 2.84. The molecule has 0 bridgehead atoms. The highest BCUT2D eigenvalue weighted by Gasteiger charge is 2.08. The summed E-state index contributed by atoms with van der Waals surface area (Å²) >= 11 is 3.89. The van der Waals surface area contributed by atoms with Crippen molar-refractivity contribution in [3.8, 4) is 0 Å². The molecule has 2 heteroatoms. The lowest BCUT2D eigenvalue weighted by Crippen LogP contribution is -2.06. The molecule has 0 unspecified atom stereocenters. The molecule has 0 rings (SSSR count). The summed E-state index contributed by atoms with van der Waals surface area (Å²) in [5, 5.41) is 1.21. The topological polar surface area (TPSA) is 0 Å². The van der Waals surface area contributed by atoms with Gasteiger partial charge in [0.1, 0.15) is 0 Å². The molecule has 0 radical (unpaired) electrons. The largest absolute Gasteiger partial charge is 0.154 e. The highest BCUT2D eigenvalue weighted by atomic mass is 32.2. The standard InChI is InChI=1S/C6H14S2/c1-6(2,3)8-5-7-4/h5H2,1-4H3. The van der Waals surface area contributed by atoms with Crippen LogP contribution < -0.4 is 0 Å². The average molecular weight is 150 g/mol. The number of thioether (sulfide) groups is 2. The minimum Gasteiger partial charge on any atom is -0.154 e. The summed E-state index contributed by atoms with van der Waals surface area (Å²) in [6.07, 6.45) is 2.14. The van der Waals surface area contributed by atoms with Crippen LogP contribution in [0.25, 0.3) is 0 Å². The van der Waals surface area contributed by atoms with E-state index in [-0.39, 0.29) is 0 Å². The van der Waals surface area contributed by atoms with Gasteiger partial charge >= 0.3 is 0 Å². The molecule has 0 nitrogen and oxygen atoms in total. The second kappa shape index (κ2) is 3.67. The van der Waals surface area contributed by atoms with Gasteiger partial charge in [0.05, 0.1) is 0 Å². The van der Waals surface area contributed by atoms with Gasteiger partial charge in [0, 0.05) is 9.83 Å². The minimum atomic E-state index is 0.447. The molecule has 0 aliphatic rings. The summed E-state index contributed by atoms with van der Waals surface area (Å²) < 4.78 is 0.447. The molecule has 0 aromatic carbocycles. The van der Waals surface area contributed by atoms with Crippen molar-refractivity contribution in [1.82, 2.24) is 0 Å². The maximum absolute atomic E-state index is 2.24. The molecule has 0 aromatic rings. The van der Waals surface area contributed by atoms with Gasteiger partial charge in [-0.2, -0.15) is 11.8 Å². The first-order chi connectivity index (χ1) is 3.56. The van der Waals surface area contributed by atoms with Gasteiger partial charge in [-0.3, -0.25) is 0 Å². The van der Waals surface area contributed by atoms with Gasteiger partial charge in [0.25, 0.3) is 0 Å². The molecule has 50 valence electrons. The third-order valence-corrected chi connectivity index (χ3v) is 2.89. The third kappa shape index (κ3) is 6.70. The first-order valence-electron chi connectivity index (χ1n) is 2.69. The van der Waals surface area contributed by atoms with Crippen molar-refractivity contribution in [1.29, 1.82) is 0 Å². The zero-order valence-corrected chi connectivity index (χ0v) is 7.66. The summed E-state index contributed by atoms with van der Waals surface area (Å²) in [4.78, 5) is 0. The third-order valence-electron chi connectivity index (χ3n) is 0.610. The fourth-order valence-electron chi connectivity index (χ4n) is 0.236. The van der Waals surface area contributed by atoms with Gasteiger partial charge < -0.3 is 0 Å². The van der Waals surface area contributed by atoms with Gasteiger partial charge in [0.15, 0.2) is 0 Å². The van der Waals surface area contributed by atoms with E-state index in [0.717, 1.165) is 0 Å². The molecule has 0 saturated carbocycles. The highest BCUT2D eigenvalue weighted by molar-refractivity contribution is 8.16. The van der Waals surface area contributed by atoms with E-state index >= 15 is 0 Å². The molecular weight excluding hydrogens is 136 g/mol. The first-order valence-corrected chi connectivity index (χ1v) is 5.07. The zero-order valence-electron chi connectivity index (χ0n) is 6.02. The SMILES string of the molecule is CSCSC(C)(C)C. The molecule has 0 spiro atoms. The van der Waals surface area contributed by atoms with Crippen LogP contribution in [0.5, 0.6) is 0 Å². The van der Waals surface area contributed by atoms with Gasteiger partial charge in [0.2, 0.25) is 0 Å². The summed E-state index contributed by atoms with van der Waals surface area (Å²) in [7, 11) is 0. The van der Waals surface area contributed by atoms with Crippen LogP contribution in [0.2, 0.25) is 0 Å². The molecule has 0 aromatic heterocycles. The summed E-state index contributed by atoms with van der Waals surface area (Å²) in [5.74, 6) is 0. The molecule has 0 saturated heterocycles. The van der Waals surface area contributed by atoms with Crippen LogP contribution in [-0.4, -0.2) is 16.1 Å². The molecular formula is C6H14S2. The van der Waals surface area contributed by atoms with Gasteiger partial charge in [-0.25, -0.2) is 0 Å². The van der Waals surface area contributed by atoms with Gasteiger partial charge in [-0.15, -0.1) is 11.8 Å². The second-order valence-electron chi connectivity index (χ2n) is 2.66. The zero-order chi connectivity index (χ0) is 6.62. The Morgan fingerprint density at radius 3 is 1.88 bits per heavy atom. The van der Waals surface area contributed by atoms with Crippen LogP contribution in [0.15, 0.2) is 0 Å². The fraction of sp³-hybridized carbons (Fsp3) is 1.00. The maximum atomic E-state index is 2.24. The van der Waals surface area contributed by atoms with Gasteiger partial charge in [-0.1, -0.05) is 20.8 Å². The van der Waals surface area contributed by atoms with Crippen molar-refractivity contribution in [2.45, 2.75) is 25.5 Å². The monoisotopic (exact) mass is 150 g/mol. The van der Waals surface area contributed by atoms with Crippen molar-refractivity contribution in [3.63, 3.8) is 0 Å². The minimum absolute atomic E-state index is 0.447. The van der Waals surface area contributed by atoms with Crippen molar-refractivity contribution in [2.75, 3.05) is 11.3 Å². The predicted molar refractivity (Wildman–Crippen MR) is 45.7 cm³/mol. The van der Waals surface area contributed by atoms with Crippen molar-refractivity contribution >= 4 is 23.5 Å². The Morgan fingerprint density at radius 1 is 1.25 bits per heavy atom. The van der Waals surface area contributed by atoms with E-state index in [1.165, 1.54) is 5.08 Å². The Morgan fingerprint density at radius 2 is 1.75 bits per heavy atom. The first kappa shape index (κ1) is 8.70. The van der Waals surface area contributed by atoms with E-state index in [1.54, 1.807) is 0 Å². The number of hydrogen-bond acceptors (Lipinski definition) is 2. The molecule has 0 N–H and O–H groups in total. The molecule has 0 aliphatic carbocycles. The Hall–Kier alpha value is 0.700. The Bertz CT molecular complexity index is 54.0. The molecule has 0 heterocycles. The summed E-state index contributed by atoms with van der Waals surface area (Å²) in [6.45, 7) is 6.73. The smallest absolute Gasteiger partial charge is 0.0394 e. The van der Waals surface area contributed by atoms with E-state index < -0.39 is 0 Å². The van der Waals surface area contributed by atoms with Crippen molar-refractivity contribution < 1.29 is 0 Å². The summed E-state index contributed by atoms with van der Waals surface area (Å²) in [6, 6.07) is 0. The molecule has 0 amide bonds. The van der Waals surface area contributed by atoms with Crippen LogP contribution in [0.3, 0.4) is 0 Å². The van der Waals surface area contributed by atoms with Crippen LogP contribution in [0.1, 0.15) is 20.8 Å². The van der Waals surface area contributed by atoms with Crippen molar-refractivity contribution in [3.05, 3.63) is 0 Å². The van der Waals surface area contributed by atoms with E-state index in [2.05, 4.69) is 27.0 Å². The molecule has 0 fully saturated rings. The average Bonchev–Trinajstić information content (AvgIpc) is 1.59. The lowest BCUT2D eigenvalue weighted by Gasteiger charge is -2.15. The Labute approximate surface area is 60.8 Å². The molecule has 8 heavy (non-hydrogen) atoms. The van der Waals surface area contributed by atoms with Crippen LogP contribution >= 0.6 is 23.5 Å². The Balaban J connectivity index is 3.11.